The van der Waals surface area contributed by atoms with Crippen molar-refractivity contribution >= 4 is 0 Å². The number of ether oxygens (including phenoxy) is 2. The molecular weight excluding hydrogens is 188 g/mol. The van der Waals surface area contributed by atoms with E-state index < -0.39 is 0 Å². The summed E-state index contributed by atoms with van der Waals surface area (Å²) in [4.78, 5) is 0. The summed E-state index contributed by atoms with van der Waals surface area (Å²) < 4.78 is 10.2. The van der Waals surface area contributed by atoms with Crippen LogP contribution in [0.15, 0.2) is 30.3 Å². The predicted octanol–water partition coefficient (Wildman–Crippen LogP) is 2.92. The Kier molecular flexibility index (Phi) is 10.6. The van der Waals surface area contributed by atoms with Crippen molar-refractivity contribution in [2.24, 2.45) is 0 Å². The van der Waals surface area contributed by atoms with Gasteiger partial charge in [-0.15, -0.1) is 0 Å². The van der Waals surface area contributed by atoms with Crippen LogP contribution in [0.5, 0.6) is 0 Å². The Bertz CT molecular complexity index is 209. The normalized spacial score (nSPS) is 9.27. The summed E-state index contributed by atoms with van der Waals surface area (Å²) >= 11 is 0. The summed E-state index contributed by atoms with van der Waals surface area (Å²) in [6.07, 6.45) is 0.977. The average molecular weight is 210 g/mol. The maximum absolute atomic E-state index is 5.35. The molecule has 0 spiro atoms. The first kappa shape index (κ1) is 14.1. The number of methoxy groups -OCH3 is 1. The van der Waals surface area contributed by atoms with Crippen LogP contribution in [0.1, 0.15) is 19.4 Å². The van der Waals surface area contributed by atoms with Crippen LogP contribution in [0.25, 0.3) is 0 Å². The van der Waals surface area contributed by atoms with E-state index in [-0.39, 0.29) is 0 Å². The van der Waals surface area contributed by atoms with Crippen molar-refractivity contribution in [3.8, 4) is 0 Å². The number of benzene rings is 1. The fourth-order valence-electron chi connectivity index (χ4n) is 1.08. The Morgan fingerprint density at radius 1 is 0.933 bits per heavy atom. The molecule has 86 valence electrons. The summed E-state index contributed by atoms with van der Waals surface area (Å²) in [6, 6.07) is 10.3. The second-order valence-corrected chi connectivity index (χ2v) is 2.84. The van der Waals surface area contributed by atoms with Crippen molar-refractivity contribution < 1.29 is 9.47 Å². The lowest BCUT2D eigenvalue weighted by Gasteiger charge is -2.03. The molecule has 0 saturated heterocycles. The predicted molar refractivity (Wildman–Crippen MR) is 64.2 cm³/mol. The van der Waals surface area contributed by atoms with Crippen molar-refractivity contribution in [3.05, 3.63) is 35.9 Å². The molecule has 1 rings (SSSR count). The monoisotopic (exact) mass is 210 g/mol. The molecule has 0 bridgehead atoms. The van der Waals surface area contributed by atoms with Gasteiger partial charge in [-0.1, -0.05) is 44.2 Å². The van der Waals surface area contributed by atoms with Crippen LogP contribution in [-0.4, -0.2) is 26.9 Å². The van der Waals surface area contributed by atoms with Crippen LogP contribution in [-0.2, 0) is 15.9 Å². The quantitative estimate of drug-likeness (QED) is 0.672. The molecule has 0 saturated carbocycles. The van der Waals surface area contributed by atoms with Gasteiger partial charge in [0.1, 0.15) is 0 Å². The van der Waals surface area contributed by atoms with Crippen molar-refractivity contribution in [1.82, 2.24) is 0 Å². The minimum Gasteiger partial charge on any atom is -0.382 e. The number of hydrogen-bond acceptors (Lipinski definition) is 2. The van der Waals surface area contributed by atoms with Gasteiger partial charge in [0, 0.05) is 7.11 Å². The van der Waals surface area contributed by atoms with Crippen LogP contribution < -0.4 is 0 Å². The Balaban J connectivity index is 0.000000921. The smallest absolute Gasteiger partial charge is 0.0700 e. The van der Waals surface area contributed by atoms with Gasteiger partial charge < -0.3 is 9.47 Å². The third-order valence-corrected chi connectivity index (χ3v) is 1.81. The first-order valence-electron chi connectivity index (χ1n) is 5.54. The highest BCUT2D eigenvalue weighted by atomic mass is 16.5. The Morgan fingerprint density at radius 3 is 2.20 bits per heavy atom. The van der Waals surface area contributed by atoms with Gasteiger partial charge in [-0.25, -0.2) is 0 Å². The molecule has 0 N–H and O–H groups in total. The highest BCUT2D eigenvalue weighted by Crippen LogP contribution is 1.99. The SMILES string of the molecule is CC.COCCOCCc1ccccc1. The van der Waals surface area contributed by atoms with E-state index in [9.17, 15) is 0 Å². The Labute approximate surface area is 93.2 Å². The van der Waals surface area contributed by atoms with Gasteiger partial charge in [0.2, 0.25) is 0 Å². The fourth-order valence-corrected chi connectivity index (χ4v) is 1.08. The van der Waals surface area contributed by atoms with Crippen molar-refractivity contribution in [2.45, 2.75) is 20.3 Å². The lowest BCUT2D eigenvalue weighted by Crippen LogP contribution is -2.04. The van der Waals surface area contributed by atoms with E-state index in [1.807, 2.05) is 32.0 Å². The molecule has 0 heterocycles. The summed E-state index contributed by atoms with van der Waals surface area (Å²) in [5, 5.41) is 0. The standard InChI is InChI=1S/C11H16O2.C2H6/c1-12-9-10-13-8-7-11-5-3-2-4-6-11;1-2/h2-6H,7-10H2,1H3;1-2H3. The van der Waals surface area contributed by atoms with Crippen LogP contribution in [0.4, 0.5) is 0 Å². The van der Waals surface area contributed by atoms with E-state index in [0.29, 0.717) is 13.2 Å². The van der Waals surface area contributed by atoms with Crippen molar-refractivity contribution in [2.75, 3.05) is 26.9 Å². The first-order chi connectivity index (χ1) is 7.43. The Morgan fingerprint density at radius 2 is 1.60 bits per heavy atom. The maximum Gasteiger partial charge on any atom is 0.0700 e. The van der Waals surface area contributed by atoms with E-state index in [0.717, 1.165) is 13.0 Å². The van der Waals surface area contributed by atoms with Crippen LogP contribution in [0.3, 0.4) is 0 Å². The average Bonchev–Trinajstić information content (AvgIpc) is 2.33. The minimum atomic E-state index is 0.675. The van der Waals surface area contributed by atoms with Gasteiger partial charge >= 0.3 is 0 Å². The molecule has 0 radical (unpaired) electrons. The molecule has 2 nitrogen and oxygen atoms in total. The van der Waals surface area contributed by atoms with Gasteiger partial charge in [-0.05, 0) is 12.0 Å². The van der Waals surface area contributed by atoms with Crippen LogP contribution in [0, 0.1) is 0 Å². The van der Waals surface area contributed by atoms with Gasteiger partial charge in [0.15, 0.2) is 0 Å². The second kappa shape index (κ2) is 11.2. The summed E-state index contributed by atoms with van der Waals surface area (Å²) in [6.45, 7) is 6.13. The van der Waals surface area contributed by atoms with E-state index >= 15 is 0 Å². The van der Waals surface area contributed by atoms with E-state index in [2.05, 4.69) is 12.1 Å². The molecule has 0 atom stereocenters. The molecule has 0 aromatic heterocycles. The fraction of sp³-hybridized carbons (Fsp3) is 0.538. The third-order valence-electron chi connectivity index (χ3n) is 1.81. The molecule has 0 unspecified atom stereocenters. The first-order valence-corrected chi connectivity index (χ1v) is 5.54. The third kappa shape index (κ3) is 8.16. The number of rotatable bonds is 6. The van der Waals surface area contributed by atoms with E-state index in [1.165, 1.54) is 5.56 Å². The minimum absolute atomic E-state index is 0.675. The molecular formula is C13H22O2. The molecule has 1 aromatic carbocycles. The van der Waals surface area contributed by atoms with E-state index in [1.54, 1.807) is 7.11 Å². The molecule has 0 fully saturated rings. The Hall–Kier alpha value is -0.860. The lowest BCUT2D eigenvalue weighted by molar-refractivity contribution is 0.0722. The topological polar surface area (TPSA) is 18.5 Å². The van der Waals surface area contributed by atoms with Crippen LogP contribution >= 0.6 is 0 Å². The zero-order valence-electron chi connectivity index (χ0n) is 10.0. The zero-order valence-corrected chi connectivity index (χ0v) is 10.0. The van der Waals surface area contributed by atoms with E-state index in [4.69, 9.17) is 9.47 Å². The van der Waals surface area contributed by atoms with Gasteiger partial charge in [-0.3, -0.25) is 0 Å². The molecule has 0 amide bonds. The van der Waals surface area contributed by atoms with Gasteiger partial charge in [0.05, 0.1) is 19.8 Å². The number of hydrogen-bond donors (Lipinski definition) is 0. The molecule has 15 heavy (non-hydrogen) atoms. The zero-order chi connectivity index (χ0) is 11.4. The highest BCUT2D eigenvalue weighted by Gasteiger charge is 1.91. The van der Waals surface area contributed by atoms with Crippen LogP contribution in [0.2, 0.25) is 0 Å². The van der Waals surface area contributed by atoms with Gasteiger partial charge in [-0.2, -0.15) is 0 Å². The molecule has 0 aliphatic rings. The summed E-state index contributed by atoms with van der Waals surface area (Å²) in [5.74, 6) is 0. The second-order valence-electron chi connectivity index (χ2n) is 2.84. The molecule has 2 heteroatoms. The summed E-state index contributed by atoms with van der Waals surface area (Å²) in [5.41, 5.74) is 1.32. The largest absolute Gasteiger partial charge is 0.382 e. The maximum atomic E-state index is 5.35. The molecule has 0 aliphatic carbocycles. The van der Waals surface area contributed by atoms with Crippen molar-refractivity contribution in [1.29, 1.82) is 0 Å². The van der Waals surface area contributed by atoms with Crippen molar-refractivity contribution in [3.63, 3.8) is 0 Å². The molecule has 1 aromatic rings. The lowest BCUT2D eigenvalue weighted by atomic mass is 10.2. The van der Waals surface area contributed by atoms with Gasteiger partial charge in [0.25, 0.3) is 0 Å². The molecule has 0 aliphatic heterocycles. The highest BCUT2D eigenvalue weighted by molar-refractivity contribution is 5.14. The summed E-state index contributed by atoms with van der Waals surface area (Å²) in [7, 11) is 1.68.